The Morgan fingerprint density at radius 2 is 1.92 bits per heavy atom. The lowest BCUT2D eigenvalue weighted by molar-refractivity contribution is -0.133. The fraction of sp³-hybridized carbons (Fsp3) is 0.385. The van der Waals surface area contributed by atoms with Crippen molar-refractivity contribution < 1.29 is 23.9 Å². The van der Waals surface area contributed by atoms with Gasteiger partial charge in [-0.25, -0.2) is 4.79 Å². The molecule has 1 saturated heterocycles. The van der Waals surface area contributed by atoms with Gasteiger partial charge in [-0.05, 0) is 54.3 Å². The second-order valence-electron chi connectivity index (χ2n) is 8.67. The SMILES string of the molecule is CCC(NC(=O)N1CC(=O)NCC(Cc2cc(Cl)ccc2OC)C1=O)c1ccc(N(C)C(C)=O)cc1. The minimum atomic E-state index is -0.670. The molecule has 9 nitrogen and oxygen atoms in total. The molecule has 192 valence electrons. The molecular weight excluding hydrogens is 484 g/mol. The van der Waals surface area contributed by atoms with Crippen LogP contribution in [0.4, 0.5) is 10.5 Å². The van der Waals surface area contributed by atoms with Crippen molar-refractivity contribution in [3.8, 4) is 5.75 Å². The summed E-state index contributed by atoms with van der Waals surface area (Å²) >= 11 is 6.13. The summed E-state index contributed by atoms with van der Waals surface area (Å²) in [5, 5.41) is 6.10. The number of rotatable bonds is 7. The number of imide groups is 1. The maximum absolute atomic E-state index is 13.4. The van der Waals surface area contributed by atoms with Crippen molar-refractivity contribution in [1.82, 2.24) is 15.5 Å². The molecule has 0 bridgehead atoms. The monoisotopic (exact) mass is 514 g/mol. The third-order valence-corrected chi connectivity index (χ3v) is 6.51. The Labute approximate surface area is 215 Å². The number of ether oxygens (including phenoxy) is 1. The van der Waals surface area contributed by atoms with E-state index in [1.54, 1.807) is 37.4 Å². The third kappa shape index (κ3) is 6.34. The predicted molar refractivity (Wildman–Crippen MR) is 137 cm³/mol. The quantitative estimate of drug-likeness (QED) is 0.589. The minimum Gasteiger partial charge on any atom is -0.496 e. The third-order valence-electron chi connectivity index (χ3n) is 6.28. The van der Waals surface area contributed by atoms with E-state index in [-0.39, 0.29) is 31.5 Å². The standard InChI is InChI=1S/C26H31ClN4O5/c1-5-22(17-6-9-21(10-7-17)30(3)16(2)32)29-26(35)31-15-24(33)28-14-19(25(31)34)12-18-13-20(27)8-11-23(18)36-4/h6-11,13,19,22H,5,12,14-15H2,1-4H3,(H,28,33)(H,29,35). The van der Waals surface area contributed by atoms with Crippen molar-refractivity contribution in [3.05, 3.63) is 58.6 Å². The first-order chi connectivity index (χ1) is 17.1. The number of anilines is 1. The molecule has 2 unspecified atom stereocenters. The van der Waals surface area contributed by atoms with Gasteiger partial charge in [0.25, 0.3) is 0 Å². The van der Waals surface area contributed by atoms with Crippen molar-refractivity contribution in [1.29, 1.82) is 0 Å². The molecule has 2 N–H and O–H groups in total. The maximum atomic E-state index is 13.4. The number of amides is 5. The van der Waals surface area contributed by atoms with E-state index in [1.165, 1.54) is 18.9 Å². The van der Waals surface area contributed by atoms with Crippen molar-refractivity contribution in [2.75, 3.05) is 32.1 Å². The molecular formula is C26H31ClN4O5. The summed E-state index contributed by atoms with van der Waals surface area (Å²) in [7, 11) is 3.21. The number of nitrogens with one attached hydrogen (secondary N) is 2. The van der Waals surface area contributed by atoms with Crippen LogP contribution >= 0.6 is 11.6 Å². The van der Waals surface area contributed by atoms with Crippen LogP contribution in [0, 0.1) is 5.92 Å². The summed E-state index contributed by atoms with van der Waals surface area (Å²) in [6.07, 6.45) is 0.806. The lowest BCUT2D eigenvalue weighted by Gasteiger charge is -2.26. The van der Waals surface area contributed by atoms with Crippen molar-refractivity contribution in [2.24, 2.45) is 5.92 Å². The molecule has 10 heteroatoms. The molecule has 5 amide bonds. The molecule has 2 aromatic rings. The fourth-order valence-electron chi connectivity index (χ4n) is 4.09. The largest absolute Gasteiger partial charge is 0.496 e. The van der Waals surface area contributed by atoms with E-state index in [4.69, 9.17) is 16.3 Å². The second-order valence-corrected chi connectivity index (χ2v) is 9.10. The van der Waals surface area contributed by atoms with Crippen LogP contribution in [-0.2, 0) is 20.8 Å². The van der Waals surface area contributed by atoms with Crippen molar-refractivity contribution in [3.63, 3.8) is 0 Å². The van der Waals surface area contributed by atoms with Gasteiger partial charge in [-0.1, -0.05) is 30.7 Å². The molecule has 36 heavy (non-hydrogen) atoms. The van der Waals surface area contributed by atoms with Gasteiger partial charge in [0.2, 0.25) is 17.7 Å². The van der Waals surface area contributed by atoms with E-state index < -0.39 is 23.8 Å². The highest BCUT2D eigenvalue weighted by Gasteiger charge is 2.35. The van der Waals surface area contributed by atoms with E-state index in [0.29, 0.717) is 22.8 Å². The Morgan fingerprint density at radius 3 is 2.53 bits per heavy atom. The Balaban J connectivity index is 1.77. The van der Waals surface area contributed by atoms with Crippen LogP contribution in [0.1, 0.15) is 37.4 Å². The van der Waals surface area contributed by atoms with E-state index in [0.717, 1.165) is 16.2 Å². The zero-order chi connectivity index (χ0) is 26.4. The van der Waals surface area contributed by atoms with Gasteiger partial charge in [-0.15, -0.1) is 0 Å². The predicted octanol–water partition coefficient (Wildman–Crippen LogP) is 3.31. The van der Waals surface area contributed by atoms with E-state index in [2.05, 4.69) is 10.6 Å². The van der Waals surface area contributed by atoms with E-state index in [9.17, 15) is 19.2 Å². The molecule has 0 aromatic heterocycles. The van der Waals surface area contributed by atoms with Gasteiger partial charge in [0, 0.05) is 31.2 Å². The zero-order valence-corrected chi connectivity index (χ0v) is 21.6. The number of methoxy groups -OCH3 is 1. The van der Waals surface area contributed by atoms with Gasteiger partial charge in [0.1, 0.15) is 12.3 Å². The van der Waals surface area contributed by atoms with Gasteiger partial charge in [-0.3, -0.25) is 19.3 Å². The number of hydrogen-bond acceptors (Lipinski definition) is 5. The fourth-order valence-corrected chi connectivity index (χ4v) is 4.28. The Morgan fingerprint density at radius 1 is 1.22 bits per heavy atom. The normalized spacial score (nSPS) is 16.6. The summed E-state index contributed by atoms with van der Waals surface area (Å²) in [5.41, 5.74) is 2.26. The minimum absolute atomic E-state index is 0.0917. The molecule has 0 radical (unpaired) electrons. The molecule has 0 saturated carbocycles. The maximum Gasteiger partial charge on any atom is 0.325 e. The number of urea groups is 1. The molecule has 2 atom stereocenters. The summed E-state index contributed by atoms with van der Waals surface area (Å²) in [6, 6.07) is 11.3. The zero-order valence-electron chi connectivity index (χ0n) is 20.8. The van der Waals surface area contributed by atoms with Crippen LogP contribution < -0.4 is 20.3 Å². The Bertz CT molecular complexity index is 1140. The number of nitrogens with zero attached hydrogens (tertiary/aromatic N) is 2. The van der Waals surface area contributed by atoms with E-state index in [1.807, 2.05) is 19.1 Å². The number of halogens is 1. The number of carbonyl (C=O) groups excluding carboxylic acids is 4. The number of hydrogen-bond donors (Lipinski definition) is 2. The average Bonchev–Trinajstić information content (AvgIpc) is 3.00. The summed E-state index contributed by atoms with van der Waals surface area (Å²) in [6.45, 7) is 3.12. The van der Waals surface area contributed by atoms with Crippen LogP contribution in [-0.4, -0.2) is 55.9 Å². The molecule has 1 fully saturated rings. The van der Waals surface area contributed by atoms with Gasteiger partial charge < -0.3 is 20.3 Å². The molecule has 1 aliphatic heterocycles. The highest BCUT2D eigenvalue weighted by molar-refractivity contribution is 6.30. The van der Waals surface area contributed by atoms with Gasteiger partial charge in [0.15, 0.2) is 0 Å². The van der Waals surface area contributed by atoms with Crippen LogP contribution in [0.2, 0.25) is 5.02 Å². The average molecular weight is 515 g/mol. The van der Waals surface area contributed by atoms with Crippen LogP contribution in [0.3, 0.4) is 0 Å². The first kappa shape index (κ1) is 27.0. The van der Waals surface area contributed by atoms with Crippen LogP contribution in [0.25, 0.3) is 0 Å². The van der Waals surface area contributed by atoms with Gasteiger partial charge in [-0.2, -0.15) is 0 Å². The molecule has 2 aromatic carbocycles. The van der Waals surface area contributed by atoms with Crippen molar-refractivity contribution >= 4 is 41.0 Å². The highest BCUT2D eigenvalue weighted by Crippen LogP contribution is 2.27. The Kier molecular flexibility index (Phi) is 8.93. The first-order valence-electron chi connectivity index (χ1n) is 11.7. The van der Waals surface area contributed by atoms with Gasteiger partial charge in [0.05, 0.1) is 19.1 Å². The van der Waals surface area contributed by atoms with E-state index >= 15 is 0 Å². The topological polar surface area (TPSA) is 108 Å². The molecule has 1 aliphatic rings. The molecule has 0 aliphatic carbocycles. The summed E-state index contributed by atoms with van der Waals surface area (Å²) in [5.74, 6) is -1.06. The summed E-state index contributed by atoms with van der Waals surface area (Å²) in [4.78, 5) is 53.0. The van der Waals surface area contributed by atoms with Crippen molar-refractivity contribution in [2.45, 2.75) is 32.7 Å². The number of carbonyl (C=O) groups is 4. The van der Waals surface area contributed by atoms with Crippen LogP contribution in [0.5, 0.6) is 5.75 Å². The Hall–Kier alpha value is -3.59. The second kappa shape index (κ2) is 11.9. The lowest BCUT2D eigenvalue weighted by atomic mass is 9.97. The number of benzene rings is 2. The first-order valence-corrected chi connectivity index (χ1v) is 12.1. The summed E-state index contributed by atoms with van der Waals surface area (Å²) < 4.78 is 5.38. The molecule has 1 heterocycles. The van der Waals surface area contributed by atoms with Gasteiger partial charge >= 0.3 is 6.03 Å². The lowest BCUT2D eigenvalue weighted by Crippen LogP contribution is -2.48. The van der Waals surface area contributed by atoms with Crippen LogP contribution in [0.15, 0.2) is 42.5 Å². The molecule has 0 spiro atoms. The highest BCUT2D eigenvalue weighted by atomic mass is 35.5. The smallest absolute Gasteiger partial charge is 0.325 e. The molecule has 3 rings (SSSR count).